The van der Waals surface area contributed by atoms with Gasteiger partial charge in [-0.05, 0) is 62.1 Å². The Morgan fingerprint density at radius 3 is 2.36 bits per heavy atom. The van der Waals surface area contributed by atoms with Gasteiger partial charge in [0.1, 0.15) is 17.2 Å². The molecule has 244 valence electrons. The molecule has 0 bridgehead atoms. The third-order valence-electron chi connectivity index (χ3n) is 7.58. The van der Waals surface area contributed by atoms with Crippen molar-refractivity contribution < 1.29 is 38.9 Å². The monoisotopic (exact) mass is 721 g/mol. The van der Waals surface area contributed by atoms with Gasteiger partial charge >= 0.3 is 10.2 Å². The highest BCUT2D eigenvalue weighted by Crippen LogP contribution is 3.02. The Hall–Kier alpha value is -4.06. The van der Waals surface area contributed by atoms with E-state index in [4.69, 9.17) is 0 Å². The Morgan fingerprint density at radius 2 is 1.78 bits per heavy atom. The number of halogens is 6. The summed E-state index contributed by atoms with van der Waals surface area (Å²) in [7, 11) is -9.89. The SMILES string of the molecule is C=NN(CC(=O)Nc1ccc(S(F)(F)(F)(F)F)cc1)C(=O)C1=C(N/C=N/CBr)CCC12CCN(C(=O)c1ncccc1O)CC2. The fraction of sp³-hybridized carbons (Fsp3) is 0.333. The van der Waals surface area contributed by atoms with Crippen LogP contribution >= 0.6 is 26.2 Å². The molecular weight excluding hydrogens is 693 g/mol. The zero-order chi connectivity index (χ0) is 33.1. The summed E-state index contributed by atoms with van der Waals surface area (Å²) in [5.74, 6) is -2.24. The van der Waals surface area contributed by atoms with Gasteiger partial charge in [0.15, 0.2) is 5.69 Å². The van der Waals surface area contributed by atoms with Gasteiger partial charge in [-0.3, -0.25) is 19.4 Å². The van der Waals surface area contributed by atoms with Gasteiger partial charge in [-0.1, -0.05) is 35.4 Å². The lowest BCUT2D eigenvalue weighted by Gasteiger charge is -2.41. The second-order valence-electron chi connectivity index (χ2n) is 10.4. The number of pyridine rings is 1. The molecule has 1 spiro atoms. The first-order valence-electron chi connectivity index (χ1n) is 13.4. The number of piperidine rings is 1. The van der Waals surface area contributed by atoms with Crippen LogP contribution in [0.4, 0.5) is 25.1 Å². The summed E-state index contributed by atoms with van der Waals surface area (Å²) in [6.45, 7) is 3.19. The van der Waals surface area contributed by atoms with Crippen molar-refractivity contribution in [2.75, 3.05) is 30.4 Å². The molecule has 0 unspecified atom stereocenters. The normalized spacial score (nSPS) is 18.0. The lowest BCUT2D eigenvalue weighted by molar-refractivity contribution is -0.132. The number of aromatic nitrogens is 1. The largest absolute Gasteiger partial charge is 0.505 e. The van der Waals surface area contributed by atoms with E-state index in [9.17, 15) is 38.9 Å². The van der Waals surface area contributed by atoms with Crippen molar-refractivity contribution in [3.05, 3.63) is 59.6 Å². The number of aromatic hydroxyl groups is 1. The van der Waals surface area contributed by atoms with E-state index in [0.717, 1.165) is 5.01 Å². The van der Waals surface area contributed by atoms with E-state index in [1.165, 1.54) is 29.6 Å². The van der Waals surface area contributed by atoms with Crippen LogP contribution in [0.3, 0.4) is 0 Å². The zero-order valence-electron chi connectivity index (χ0n) is 23.6. The molecule has 18 heteroatoms. The topological polar surface area (TPSA) is 140 Å². The third-order valence-corrected chi connectivity index (χ3v) is 9.03. The van der Waals surface area contributed by atoms with E-state index in [2.05, 4.69) is 48.4 Å². The van der Waals surface area contributed by atoms with Crippen LogP contribution in [0.5, 0.6) is 5.75 Å². The molecule has 1 aliphatic carbocycles. The van der Waals surface area contributed by atoms with Gasteiger partial charge in [-0.2, -0.15) is 5.10 Å². The van der Waals surface area contributed by atoms with Crippen LogP contribution in [-0.2, 0) is 9.59 Å². The van der Waals surface area contributed by atoms with Crippen LogP contribution in [0.1, 0.15) is 36.2 Å². The highest BCUT2D eigenvalue weighted by atomic mass is 79.9. The number of alkyl halides is 1. The van der Waals surface area contributed by atoms with Crippen LogP contribution in [0.25, 0.3) is 0 Å². The van der Waals surface area contributed by atoms with Crippen molar-refractivity contribution >= 4 is 62.6 Å². The average Bonchev–Trinajstić information content (AvgIpc) is 3.32. The predicted molar refractivity (Wildman–Crippen MR) is 163 cm³/mol. The van der Waals surface area contributed by atoms with Crippen molar-refractivity contribution in [2.24, 2.45) is 15.5 Å². The summed E-state index contributed by atoms with van der Waals surface area (Å²) in [6.07, 6.45) is 4.51. The van der Waals surface area contributed by atoms with E-state index in [1.54, 1.807) is 0 Å². The van der Waals surface area contributed by atoms with Crippen LogP contribution < -0.4 is 10.6 Å². The molecule has 3 N–H and O–H groups in total. The van der Waals surface area contributed by atoms with Crippen molar-refractivity contribution in [1.82, 2.24) is 20.2 Å². The first-order chi connectivity index (χ1) is 21.0. The summed E-state index contributed by atoms with van der Waals surface area (Å²) >= 11 is 3.18. The first kappa shape index (κ1) is 33.8. The maximum absolute atomic E-state index is 13.9. The summed E-state index contributed by atoms with van der Waals surface area (Å²) < 4.78 is 65.1. The molecule has 1 aliphatic heterocycles. The van der Waals surface area contributed by atoms with Gasteiger partial charge in [0.2, 0.25) is 5.91 Å². The highest BCUT2D eigenvalue weighted by molar-refractivity contribution is 9.09. The molecule has 11 nitrogen and oxygen atoms in total. The molecule has 45 heavy (non-hydrogen) atoms. The number of hydrazone groups is 1. The van der Waals surface area contributed by atoms with Crippen molar-refractivity contribution in [1.29, 1.82) is 0 Å². The number of anilines is 1. The summed E-state index contributed by atoms with van der Waals surface area (Å²) in [4.78, 5) is 47.2. The van der Waals surface area contributed by atoms with Gasteiger partial charge < -0.3 is 20.6 Å². The molecule has 0 atom stereocenters. The number of carbonyl (C=O) groups excluding carboxylic acids is 3. The van der Waals surface area contributed by atoms with Crippen molar-refractivity contribution in [3.63, 3.8) is 0 Å². The first-order valence-corrected chi connectivity index (χ1v) is 16.5. The molecule has 1 fully saturated rings. The van der Waals surface area contributed by atoms with Crippen LogP contribution in [-0.4, -0.2) is 75.9 Å². The number of hydrogen-bond acceptors (Lipinski definition) is 7. The van der Waals surface area contributed by atoms with Gasteiger partial charge in [0.05, 0.1) is 11.8 Å². The Kier molecular flexibility index (Phi) is 9.05. The number of benzene rings is 1. The Bertz CT molecular complexity index is 1570. The fourth-order valence-corrected chi connectivity index (χ4v) is 6.18. The standard InChI is InChI=1S/C27H29BrF5N7O4S/c1-34-40(15-22(42)38-18-4-6-19(7-5-18)45(29,30,31,32)33)25(43)23-20(37-17-35-16-28)8-9-27(23)10-13-39(14-11-27)26(44)24-21(41)3-2-12-36-24/h2-7,12,17,41H,1,8-11,13-16H2,(H,35,37)(H,38,42). The summed E-state index contributed by atoms with van der Waals surface area (Å²) in [6, 6.07) is 4.54. The number of hydrogen-bond donors (Lipinski definition) is 3. The lowest BCUT2D eigenvalue weighted by atomic mass is 9.72. The second kappa shape index (κ2) is 12.0. The second-order valence-corrected chi connectivity index (χ2v) is 13.3. The van der Waals surface area contributed by atoms with E-state index < -0.39 is 44.8 Å². The summed E-state index contributed by atoms with van der Waals surface area (Å²) in [5.41, 5.74) is 0.136. The number of aliphatic imine (C=N–C) groups is 1. The minimum Gasteiger partial charge on any atom is -0.505 e. The third kappa shape index (κ3) is 7.78. The molecular formula is C27H29BrF5N7O4S. The molecule has 0 radical (unpaired) electrons. The predicted octanol–water partition coefficient (Wildman–Crippen LogP) is 5.77. The number of nitrogens with zero attached hydrogens (tertiary/aromatic N) is 5. The van der Waals surface area contributed by atoms with Gasteiger partial charge in [0.25, 0.3) is 11.8 Å². The van der Waals surface area contributed by atoms with E-state index >= 15 is 0 Å². The average molecular weight is 723 g/mol. The fourth-order valence-electron chi connectivity index (χ4n) is 5.39. The molecule has 2 aliphatic rings. The van der Waals surface area contributed by atoms with Crippen LogP contribution in [0.2, 0.25) is 0 Å². The van der Waals surface area contributed by atoms with Gasteiger partial charge in [0, 0.05) is 48.4 Å². The molecule has 2 heterocycles. The molecule has 4 rings (SSSR count). The molecule has 3 amide bonds. The quantitative estimate of drug-likeness (QED) is 0.0712. The number of likely N-dealkylation sites (tertiary alicyclic amines) is 1. The summed E-state index contributed by atoms with van der Waals surface area (Å²) in [5, 5.41) is 19.9. The lowest BCUT2D eigenvalue weighted by Crippen LogP contribution is -2.46. The maximum atomic E-state index is 13.9. The van der Waals surface area contributed by atoms with Gasteiger partial charge in [-0.15, -0.1) is 0 Å². The number of rotatable bonds is 10. The highest BCUT2D eigenvalue weighted by Gasteiger charge is 2.65. The smallest absolute Gasteiger partial charge is 0.310 e. The van der Waals surface area contributed by atoms with E-state index in [0.29, 0.717) is 54.5 Å². The number of amides is 3. The molecule has 1 saturated heterocycles. The Morgan fingerprint density at radius 1 is 1.11 bits per heavy atom. The molecule has 0 saturated carbocycles. The Labute approximate surface area is 263 Å². The van der Waals surface area contributed by atoms with E-state index in [-0.39, 0.29) is 42.4 Å². The van der Waals surface area contributed by atoms with Crippen molar-refractivity contribution in [2.45, 2.75) is 30.6 Å². The molecule has 1 aromatic carbocycles. The maximum Gasteiger partial charge on any atom is 0.310 e. The number of carbonyl (C=O) groups is 3. The molecule has 1 aromatic heterocycles. The van der Waals surface area contributed by atoms with Gasteiger partial charge in [-0.25, -0.2) is 9.99 Å². The number of allylic oxidation sites excluding steroid dienone is 1. The minimum atomic E-state index is -9.89. The van der Waals surface area contributed by atoms with Crippen LogP contribution in [0.15, 0.2) is 68.9 Å². The number of nitrogens with one attached hydrogen (secondary N) is 2. The van der Waals surface area contributed by atoms with Crippen LogP contribution in [0, 0.1) is 5.41 Å². The van der Waals surface area contributed by atoms with Crippen molar-refractivity contribution in [3.8, 4) is 5.75 Å². The Balaban J connectivity index is 1.52. The molecule has 2 aromatic rings. The minimum absolute atomic E-state index is 0.0867. The van der Waals surface area contributed by atoms with E-state index in [1.807, 2.05) is 0 Å². The zero-order valence-corrected chi connectivity index (χ0v) is 26.0.